The van der Waals surface area contributed by atoms with Gasteiger partial charge in [0.2, 0.25) is 0 Å². The van der Waals surface area contributed by atoms with Gasteiger partial charge in [-0.25, -0.2) is 4.98 Å². The van der Waals surface area contributed by atoms with Gasteiger partial charge in [-0.1, -0.05) is 12.8 Å². The Morgan fingerprint density at radius 2 is 1.76 bits per heavy atom. The fraction of sp³-hybridized carbons (Fsp3) is 0.786. The van der Waals surface area contributed by atoms with Crippen LogP contribution in [-0.2, 0) is 12.8 Å². The molecule has 17 heavy (non-hydrogen) atoms. The lowest BCUT2D eigenvalue weighted by Gasteiger charge is -2.20. The molecule has 1 aliphatic carbocycles. The highest BCUT2D eigenvalue weighted by atomic mass is 32.1. The summed E-state index contributed by atoms with van der Waals surface area (Å²) < 4.78 is 0. The van der Waals surface area contributed by atoms with Crippen molar-refractivity contribution in [3.63, 3.8) is 0 Å². The quantitative estimate of drug-likeness (QED) is 0.827. The molecular weight excluding hydrogens is 228 g/mol. The van der Waals surface area contributed by atoms with E-state index in [1.807, 2.05) is 11.3 Å². The fourth-order valence-electron chi connectivity index (χ4n) is 2.97. The van der Waals surface area contributed by atoms with Crippen LogP contribution in [-0.4, -0.2) is 18.1 Å². The second-order valence-electron chi connectivity index (χ2n) is 5.36. The normalized spacial score (nSPS) is 22.8. The van der Waals surface area contributed by atoms with Gasteiger partial charge in [0, 0.05) is 10.8 Å². The van der Waals surface area contributed by atoms with E-state index in [2.05, 4.69) is 5.32 Å². The molecule has 0 unspecified atom stereocenters. The minimum absolute atomic E-state index is 0.745. The summed E-state index contributed by atoms with van der Waals surface area (Å²) in [6.07, 6.45) is 10.6. The van der Waals surface area contributed by atoms with Crippen LogP contribution in [0.1, 0.15) is 60.0 Å². The molecule has 0 radical (unpaired) electrons. The highest BCUT2D eigenvalue weighted by Crippen LogP contribution is 2.33. The number of aryl methyl sites for hydroxylation is 2. The maximum Gasteiger partial charge on any atom is 0.0962 e. The summed E-state index contributed by atoms with van der Waals surface area (Å²) in [4.78, 5) is 6.58. The Morgan fingerprint density at radius 3 is 2.59 bits per heavy atom. The molecule has 1 fully saturated rings. The first-order valence-corrected chi connectivity index (χ1v) is 7.94. The van der Waals surface area contributed by atoms with Crippen molar-refractivity contribution in [1.29, 1.82) is 0 Å². The Bertz CT molecular complexity index is 341. The third-order valence-electron chi connectivity index (χ3n) is 4.05. The molecule has 0 saturated carbocycles. The minimum Gasteiger partial charge on any atom is -0.317 e. The molecule has 0 aromatic carbocycles. The molecule has 3 heteroatoms. The van der Waals surface area contributed by atoms with Gasteiger partial charge in [0.15, 0.2) is 0 Å². The molecule has 0 bridgehead atoms. The first-order chi connectivity index (χ1) is 8.43. The number of hydrogen-bond acceptors (Lipinski definition) is 3. The Kier molecular flexibility index (Phi) is 3.77. The zero-order valence-electron chi connectivity index (χ0n) is 10.5. The maximum absolute atomic E-state index is 4.97. The Balaban J connectivity index is 1.78. The maximum atomic E-state index is 4.97. The lowest BCUT2D eigenvalue weighted by molar-refractivity contribution is 0.458. The van der Waals surface area contributed by atoms with Crippen molar-refractivity contribution in [3.05, 3.63) is 15.6 Å². The summed E-state index contributed by atoms with van der Waals surface area (Å²) in [6, 6.07) is 0. The van der Waals surface area contributed by atoms with Crippen LogP contribution in [0.3, 0.4) is 0 Å². The highest BCUT2D eigenvalue weighted by Gasteiger charge is 2.21. The molecule has 0 atom stereocenters. The minimum atomic E-state index is 0.745. The molecule has 1 aromatic heterocycles. The van der Waals surface area contributed by atoms with Gasteiger partial charge >= 0.3 is 0 Å². The molecule has 3 rings (SSSR count). The van der Waals surface area contributed by atoms with Crippen molar-refractivity contribution in [2.75, 3.05) is 13.1 Å². The number of nitrogens with one attached hydrogen (secondary N) is 1. The zero-order valence-corrected chi connectivity index (χ0v) is 11.3. The molecular formula is C14H22N2S. The van der Waals surface area contributed by atoms with Gasteiger partial charge in [0.1, 0.15) is 0 Å². The van der Waals surface area contributed by atoms with Gasteiger partial charge in [-0.05, 0) is 51.6 Å². The lowest BCUT2D eigenvalue weighted by atomic mass is 9.99. The third-order valence-corrected chi connectivity index (χ3v) is 5.37. The molecule has 1 aliphatic heterocycles. The van der Waals surface area contributed by atoms with E-state index in [0.29, 0.717) is 0 Å². The predicted octanol–water partition coefficient (Wildman–Crippen LogP) is 3.27. The molecule has 2 heterocycles. The van der Waals surface area contributed by atoms with E-state index in [-0.39, 0.29) is 0 Å². The van der Waals surface area contributed by atoms with E-state index in [0.717, 1.165) is 5.92 Å². The highest BCUT2D eigenvalue weighted by molar-refractivity contribution is 7.11. The number of hydrogen-bond donors (Lipinski definition) is 1. The van der Waals surface area contributed by atoms with E-state index in [9.17, 15) is 0 Å². The molecule has 0 spiro atoms. The molecule has 0 amide bonds. The second kappa shape index (κ2) is 5.49. The smallest absolute Gasteiger partial charge is 0.0962 e. The van der Waals surface area contributed by atoms with Crippen LogP contribution in [0.2, 0.25) is 0 Å². The monoisotopic (exact) mass is 250 g/mol. The van der Waals surface area contributed by atoms with Gasteiger partial charge in [-0.3, -0.25) is 0 Å². The number of aromatic nitrogens is 1. The fourth-order valence-corrected chi connectivity index (χ4v) is 4.29. The lowest BCUT2D eigenvalue weighted by Crippen LogP contribution is -2.26. The molecule has 2 nitrogen and oxygen atoms in total. The summed E-state index contributed by atoms with van der Waals surface area (Å²) in [5.41, 5.74) is 1.45. The van der Waals surface area contributed by atoms with Gasteiger partial charge in [-0.2, -0.15) is 0 Å². The van der Waals surface area contributed by atoms with Crippen molar-refractivity contribution in [2.45, 2.75) is 57.3 Å². The largest absolute Gasteiger partial charge is 0.317 e. The van der Waals surface area contributed by atoms with Crippen molar-refractivity contribution in [3.8, 4) is 0 Å². The van der Waals surface area contributed by atoms with E-state index >= 15 is 0 Å². The third kappa shape index (κ3) is 2.71. The summed E-state index contributed by atoms with van der Waals surface area (Å²) in [7, 11) is 0. The van der Waals surface area contributed by atoms with Crippen molar-refractivity contribution >= 4 is 11.3 Å². The number of fused-ring (bicyclic) bond motifs is 1. The molecule has 2 aliphatic rings. The van der Waals surface area contributed by atoms with Crippen LogP contribution in [0.25, 0.3) is 0 Å². The first-order valence-electron chi connectivity index (χ1n) is 7.12. The van der Waals surface area contributed by atoms with Crippen molar-refractivity contribution in [1.82, 2.24) is 10.3 Å². The average Bonchev–Trinajstić information content (AvgIpc) is 2.73. The van der Waals surface area contributed by atoms with Crippen LogP contribution >= 0.6 is 11.3 Å². The van der Waals surface area contributed by atoms with E-state index < -0.39 is 0 Å². The number of nitrogens with zero attached hydrogens (tertiary/aromatic N) is 1. The van der Waals surface area contributed by atoms with E-state index in [1.54, 1.807) is 4.88 Å². The Labute approximate surface area is 108 Å². The molecule has 94 valence electrons. The number of rotatable bonds is 1. The SMILES string of the molecule is C1CCCc2sc(C3CCNCC3)nc2CC1. The number of piperidine rings is 1. The summed E-state index contributed by atoms with van der Waals surface area (Å²) in [5, 5.41) is 4.89. The van der Waals surface area contributed by atoms with Gasteiger partial charge in [0.05, 0.1) is 10.7 Å². The van der Waals surface area contributed by atoms with Crippen LogP contribution in [0.4, 0.5) is 0 Å². The average molecular weight is 250 g/mol. The topological polar surface area (TPSA) is 24.9 Å². The first kappa shape index (κ1) is 11.7. The Hall–Kier alpha value is -0.410. The van der Waals surface area contributed by atoms with E-state index in [4.69, 9.17) is 4.98 Å². The van der Waals surface area contributed by atoms with Crippen molar-refractivity contribution < 1.29 is 0 Å². The van der Waals surface area contributed by atoms with Gasteiger partial charge < -0.3 is 5.32 Å². The van der Waals surface area contributed by atoms with Crippen molar-refractivity contribution in [2.24, 2.45) is 0 Å². The summed E-state index contributed by atoms with van der Waals surface area (Å²) in [6.45, 7) is 2.35. The van der Waals surface area contributed by atoms with Crippen LogP contribution < -0.4 is 5.32 Å². The van der Waals surface area contributed by atoms with Gasteiger partial charge in [0.25, 0.3) is 0 Å². The van der Waals surface area contributed by atoms with Crippen LogP contribution in [0.15, 0.2) is 0 Å². The predicted molar refractivity (Wildman–Crippen MR) is 72.8 cm³/mol. The number of thiazole rings is 1. The van der Waals surface area contributed by atoms with Crippen LogP contribution in [0, 0.1) is 0 Å². The second-order valence-corrected chi connectivity index (χ2v) is 6.48. The Morgan fingerprint density at radius 1 is 1.00 bits per heavy atom. The summed E-state index contributed by atoms with van der Waals surface area (Å²) >= 11 is 2.03. The zero-order chi connectivity index (χ0) is 11.5. The molecule has 1 aromatic rings. The standard InChI is InChI=1S/C14H22N2S/c1-2-4-6-13-12(5-3-1)16-14(17-13)11-7-9-15-10-8-11/h11,15H,1-10H2. The van der Waals surface area contributed by atoms with E-state index in [1.165, 1.54) is 75.2 Å². The molecule has 1 saturated heterocycles. The summed E-state index contributed by atoms with van der Waals surface area (Å²) in [5.74, 6) is 0.745. The van der Waals surface area contributed by atoms with Crippen LogP contribution in [0.5, 0.6) is 0 Å². The van der Waals surface area contributed by atoms with Gasteiger partial charge in [-0.15, -0.1) is 11.3 Å². The molecule has 1 N–H and O–H groups in total.